The lowest BCUT2D eigenvalue weighted by molar-refractivity contribution is 1.12. The van der Waals surface area contributed by atoms with Crippen LogP contribution in [0, 0.1) is 0 Å². The van der Waals surface area contributed by atoms with E-state index in [0.717, 1.165) is 0 Å². The number of hydrogen-bond acceptors (Lipinski definition) is 5. The maximum atomic E-state index is 5.39. The normalized spacial score (nSPS) is 10.3. The zero-order valence-corrected chi connectivity index (χ0v) is 6.15. The van der Waals surface area contributed by atoms with Crippen molar-refractivity contribution in [2.45, 2.75) is 6.92 Å². The number of nitrogen functional groups attached to an aromatic ring is 1. The van der Waals surface area contributed by atoms with Crippen LogP contribution in [-0.4, -0.2) is 16.2 Å². The Morgan fingerprint density at radius 3 is 3.18 bits per heavy atom. The van der Waals surface area contributed by atoms with Gasteiger partial charge in [0.2, 0.25) is 5.95 Å². The standard InChI is InChI=1S/C6H9N5/c1-2-9-11-6-8-4-3-5(7)10-6/h2-4H,1H3,(H3,7,8,10,11). The van der Waals surface area contributed by atoms with Crippen molar-refractivity contribution in [3.8, 4) is 0 Å². The predicted octanol–water partition coefficient (Wildman–Crippen LogP) is 0.476. The third-order valence-electron chi connectivity index (χ3n) is 0.971. The average molecular weight is 151 g/mol. The smallest absolute Gasteiger partial charge is 0.245 e. The van der Waals surface area contributed by atoms with Gasteiger partial charge in [-0.2, -0.15) is 10.1 Å². The second-order valence-corrected chi connectivity index (χ2v) is 1.80. The summed E-state index contributed by atoms with van der Waals surface area (Å²) in [6.07, 6.45) is 3.17. The van der Waals surface area contributed by atoms with Gasteiger partial charge in [0, 0.05) is 12.4 Å². The van der Waals surface area contributed by atoms with Crippen molar-refractivity contribution in [2.75, 3.05) is 11.2 Å². The van der Waals surface area contributed by atoms with Crippen molar-refractivity contribution < 1.29 is 0 Å². The zero-order chi connectivity index (χ0) is 8.10. The van der Waals surface area contributed by atoms with Gasteiger partial charge in [-0.25, -0.2) is 10.4 Å². The number of nitrogens with one attached hydrogen (secondary N) is 1. The largest absolute Gasteiger partial charge is 0.384 e. The fraction of sp³-hybridized carbons (Fsp3) is 0.167. The summed E-state index contributed by atoms with van der Waals surface area (Å²) >= 11 is 0. The molecule has 0 amide bonds. The SMILES string of the molecule is CC=NNc1nccc(N)n1. The minimum atomic E-state index is 0.406. The van der Waals surface area contributed by atoms with Crippen molar-refractivity contribution in [1.82, 2.24) is 9.97 Å². The summed E-state index contributed by atoms with van der Waals surface area (Å²) in [5, 5.41) is 3.73. The molecule has 0 atom stereocenters. The summed E-state index contributed by atoms with van der Waals surface area (Å²) in [5.41, 5.74) is 7.99. The number of aromatic nitrogens is 2. The highest BCUT2D eigenvalue weighted by Gasteiger charge is 1.91. The van der Waals surface area contributed by atoms with Crippen molar-refractivity contribution in [2.24, 2.45) is 5.10 Å². The first kappa shape index (κ1) is 7.46. The molecule has 0 saturated heterocycles. The van der Waals surface area contributed by atoms with E-state index in [9.17, 15) is 0 Å². The summed E-state index contributed by atoms with van der Waals surface area (Å²) in [6.45, 7) is 1.79. The van der Waals surface area contributed by atoms with Crippen LogP contribution in [0.2, 0.25) is 0 Å². The molecule has 0 unspecified atom stereocenters. The van der Waals surface area contributed by atoms with Crippen LogP contribution in [0.4, 0.5) is 11.8 Å². The first-order chi connectivity index (χ1) is 5.33. The fourth-order valence-electron chi connectivity index (χ4n) is 0.549. The summed E-state index contributed by atoms with van der Waals surface area (Å²) in [4.78, 5) is 7.71. The van der Waals surface area contributed by atoms with Gasteiger partial charge in [0.15, 0.2) is 0 Å². The van der Waals surface area contributed by atoms with Crippen LogP contribution in [-0.2, 0) is 0 Å². The van der Waals surface area contributed by atoms with E-state index in [1.807, 2.05) is 0 Å². The molecular formula is C6H9N5. The highest BCUT2D eigenvalue weighted by atomic mass is 15.3. The molecule has 1 rings (SSSR count). The molecule has 0 bridgehead atoms. The van der Waals surface area contributed by atoms with Gasteiger partial charge in [0.1, 0.15) is 5.82 Å². The van der Waals surface area contributed by atoms with Gasteiger partial charge < -0.3 is 5.73 Å². The Kier molecular flexibility index (Phi) is 2.37. The molecule has 0 aliphatic rings. The molecule has 1 aromatic rings. The van der Waals surface area contributed by atoms with Crippen molar-refractivity contribution >= 4 is 18.0 Å². The molecule has 0 fully saturated rings. The first-order valence-electron chi connectivity index (χ1n) is 3.15. The van der Waals surface area contributed by atoms with E-state index in [2.05, 4.69) is 20.5 Å². The molecule has 3 N–H and O–H groups in total. The van der Waals surface area contributed by atoms with E-state index < -0.39 is 0 Å². The third kappa shape index (κ3) is 2.21. The average Bonchev–Trinajstić information content (AvgIpc) is 2.01. The second kappa shape index (κ2) is 3.50. The Labute approximate surface area is 64.4 Å². The van der Waals surface area contributed by atoms with Crippen molar-refractivity contribution in [1.29, 1.82) is 0 Å². The molecule has 0 spiro atoms. The Hall–Kier alpha value is -1.65. The highest BCUT2D eigenvalue weighted by molar-refractivity contribution is 5.54. The van der Waals surface area contributed by atoms with Crippen LogP contribution in [0.15, 0.2) is 17.4 Å². The minimum absolute atomic E-state index is 0.406. The van der Waals surface area contributed by atoms with E-state index >= 15 is 0 Å². The van der Waals surface area contributed by atoms with E-state index in [1.165, 1.54) is 0 Å². The quantitative estimate of drug-likeness (QED) is 0.476. The van der Waals surface area contributed by atoms with Crippen LogP contribution < -0.4 is 11.2 Å². The lowest BCUT2D eigenvalue weighted by atomic mass is 10.6. The Morgan fingerprint density at radius 1 is 1.73 bits per heavy atom. The topological polar surface area (TPSA) is 76.2 Å². The van der Waals surface area contributed by atoms with Crippen molar-refractivity contribution in [3.05, 3.63) is 12.3 Å². The molecule has 1 aromatic heterocycles. The summed E-state index contributed by atoms with van der Waals surface area (Å²) in [7, 11) is 0. The maximum absolute atomic E-state index is 5.39. The monoisotopic (exact) mass is 151 g/mol. The van der Waals surface area contributed by atoms with E-state index in [-0.39, 0.29) is 0 Å². The van der Waals surface area contributed by atoms with Crippen LogP contribution >= 0.6 is 0 Å². The number of nitrogens with two attached hydrogens (primary N) is 1. The molecule has 0 aromatic carbocycles. The molecule has 58 valence electrons. The predicted molar refractivity (Wildman–Crippen MR) is 44.2 cm³/mol. The molecule has 0 radical (unpaired) electrons. The first-order valence-corrected chi connectivity index (χ1v) is 3.15. The number of rotatable bonds is 2. The van der Waals surface area contributed by atoms with Crippen LogP contribution in [0.3, 0.4) is 0 Å². The van der Waals surface area contributed by atoms with Gasteiger partial charge >= 0.3 is 0 Å². The van der Waals surface area contributed by atoms with Gasteiger partial charge in [-0.05, 0) is 13.0 Å². The van der Waals surface area contributed by atoms with Crippen LogP contribution in [0.25, 0.3) is 0 Å². The molecule has 0 aliphatic heterocycles. The Bertz CT molecular complexity index is 257. The number of nitrogens with zero attached hydrogens (tertiary/aromatic N) is 3. The molecule has 0 aliphatic carbocycles. The van der Waals surface area contributed by atoms with Crippen molar-refractivity contribution in [3.63, 3.8) is 0 Å². The Morgan fingerprint density at radius 2 is 2.55 bits per heavy atom. The zero-order valence-electron chi connectivity index (χ0n) is 6.15. The molecular weight excluding hydrogens is 142 g/mol. The number of hydrazone groups is 1. The summed E-state index contributed by atoms with van der Waals surface area (Å²) in [6, 6.07) is 1.61. The molecule has 5 nitrogen and oxygen atoms in total. The van der Waals surface area contributed by atoms with E-state index in [1.54, 1.807) is 25.4 Å². The van der Waals surface area contributed by atoms with E-state index in [0.29, 0.717) is 11.8 Å². The van der Waals surface area contributed by atoms with Gasteiger partial charge in [-0.3, -0.25) is 0 Å². The van der Waals surface area contributed by atoms with Gasteiger partial charge in [-0.15, -0.1) is 0 Å². The number of anilines is 2. The fourth-order valence-corrected chi connectivity index (χ4v) is 0.549. The molecule has 5 heteroatoms. The third-order valence-corrected chi connectivity index (χ3v) is 0.971. The number of hydrogen-bond donors (Lipinski definition) is 2. The van der Waals surface area contributed by atoms with E-state index in [4.69, 9.17) is 5.73 Å². The summed E-state index contributed by atoms with van der Waals surface area (Å²) < 4.78 is 0. The summed E-state index contributed by atoms with van der Waals surface area (Å²) in [5.74, 6) is 0.830. The van der Waals surface area contributed by atoms with Gasteiger partial charge in [0.25, 0.3) is 0 Å². The Balaban J connectivity index is 2.71. The lowest BCUT2D eigenvalue weighted by Gasteiger charge is -1.96. The minimum Gasteiger partial charge on any atom is -0.384 e. The van der Waals surface area contributed by atoms with Crippen LogP contribution in [0.1, 0.15) is 6.92 Å². The lowest BCUT2D eigenvalue weighted by Crippen LogP contribution is -1.98. The van der Waals surface area contributed by atoms with Gasteiger partial charge in [-0.1, -0.05) is 0 Å². The molecule has 0 saturated carbocycles. The molecule has 1 heterocycles. The maximum Gasteiger partial charge on any atom is 0.245 e. The highest BCUT2D eigenvalue weighted by Crippen LogP contribution is 1.99. The van der Waals surface area contributed by atoms with Crippen LogP contribution in [0.5, 0.6) is 0 Å². The van der Waals surface area contributed by atoms with Gasteiger partial charge in [0.05, 0.1) is 0 Å². The second-order valence-electron chi connectivity index (χ2n) is 1.80. The molecule has 11 heavy (non-hydrogen) atoms.